The standard InChI is InChI=1S/C21H15NO4/c1-13-4-2-5-14(10-13)20-12-17(23)16-11-15(7-8-18(16)26-20)22-21(24)19-6-3-9-25-19/h2-12H,1H3,(H,22,24). The number of hydrogen-bond donors (Lipinski definition) is 1. The highest BCUT2D eigenvalue weighted by molar-refractivity contribution is 6.03. The summed E-state index contributed by atoms with van der Waals surface area (Å²) in [5, 5.41) is 3.11. The highest BCUT2D eigenvalue weighted by Crippen LogP contribution is 2.24. The second-order valence-corrected chi connectivity index (χ2v) is 5.99. The molecule has 0 aliphatic heterocycles. The smallest absolute Gasteiger partial charge is 0.291 e. The summed E-state index contributed by atoms with van der Waals surface area (Å²) >= 11 is 0. The van der Waals surface area contributed by atoms with Crippen molar-refractivity contribution in [1.82, 2.24) is 0 Å². The molecule has 5 heteroatoms. The van der Waals surface area contributed by atoms with Crippen molar-refractivity contribution in [2.24, 2.45) is 0 Å². The van der Waals surface area contributed by atoms with Gasteiger partial charge in [-0.15, -0.1) is 0 Å². The van der Waals surface area contributed by atoms with Crippen LogP contribution in [0.15, 0.2) is 80.6 Å². The van der Waals surface area contributed by atoms with Crippen LogP contribution in [-0.4, -0.2) is 5.91 Å². The van der Waals surface area contributed by atoms with Crippen molar-refractivity contribution in [3.63, 3.8) is 0 Å². The van der Waals surface area contributed by atoms with Crippen LogP contribution in [0.3, 0.4) is 0 Å². The summed E-state index contributed by atoms with van der Waals surface area (Å²) in [4.78, 5) is 24.6. The molecule has 2 heterocycles. The van der Waals surface area contributed by atoms with Crippen LogP contribution < -0.4 is 10.7 Å². The average molecular weight is 345 g/mol. The van der Waals surface area contributed by atoms with Gasteiger partial charge in [0.05, 0.1) is 11.6 Å². The van der Waals surface area contributed by atoms with Gasteiger partial charge in [-0.3, -0.25) is 9.59 Å². The van der Waals surface area contributed by atoms with E-state index in [1.807, 2.05) is 31.2 Å². The van der Waals surface area contributed by atoms with Gasteiger partial charge in [-0.2, -0.15) is 0 Å². The Bertz CT molecular complexity index is 1160. The Kier molecular flexibility index (Phi) is 3.89. The lowest BCUT2D eigenvalue weighted by molar-refractivity contribution is 0.0996. The molecule has 0 radical (unpaired) electrons. The molecule has 5 nitrogen and oxygen atoms in total. The molecule has 0 spiro atoms. The summed E-state index contributed by atoms with van der Waals surface area (Å²) in [6, 6.07) is 17.4. The maximum Gasteiger partial charge on any atom is 0.291 e. The number of aryl methyl sites for hydroxylation is 1. The van der Waals surface area contributed by atoms with Crippen LogP contribution in [0, 0.1) is 6.92 Å². The molecule has 0 fully saturated rings. The number of benzene rings is 2. The van der Waals surface area contributed by atoms with Gasteiger partial charge in [0.25, 0.3) is 5.91 Å². The van der Waals surface area contributed by atoms with E-state index in [2.05, 4.69) is 5.32 Å². The Morgan fingerprint density at radius 1 is 1.00 bits per heavy atom. The zero-order valence-corrected chi connectivity index (χ0v) is 14.0. The molecule has 0 aliphatic rings. The molecule has 128 valence electrons. The van der Waals surface area contributed by atoms with Crippen LogP contribution in [0.5, 0.6) is 0 Å². The number of fused-ring (bicyclic) bond motifs is 1. The maximum absolute atomic E-state index is 12.5. The Morgan fingerprint density at radius 2 is 1.88 bits per heavy atom. The van der Waals surface area contributed by atoms with Gasteiger partial charge in [0, 0.05) is 17.3 Å². The van der Waals surface area contributed by atoms with E-state index in [-0.39, 0.29) is 17.1 Å². The maximum atomic E-state index is 12.5. The van der Waals surface area contributed by atoms with E-state index in [4.69, 9.17) is 8.83 Å². The minimum Gasteiger partial charge on any atom is -0.459 e. The van der Waals surface area contributed by atoms with Crippen LogP contribution >= 0.6 is 0 Å². The van der Waals surface area contributed by atoms with Crippen molar-refractivity contribution < 1.29 is 13.6 Å². The Labute approximate surface area is 148 Å². The Balaban J connectivity index is 1.71. The molecule has 26 heavy (non-hydrogen) atoms. The van der Waals surface area contributed by atoms with Crippen LogP contribution in [0.1, 0.15) is 16.1 Å². The van der Waals surface area contributed by atoms with Crippen LogP contribution in [0.4, 0.5) is 5.69 Å². The normalized spacial score (nSPS) is 10.8. The molecule has 0 unspecified atom stereocenters. The molecule has 2 aromatic carbocycles. The Morgan fingerprint density at radius 3 is 2.65 bits per heavy atom. The van der Waals surface area contributed by atoms with E-state index in [1.54, 1.807) is 30.3 Å². The first kappa shape index (κ1) is 15.9. The van der Waals surface area contributed by atoms with Crippen LogP contribution in [0.25, 0.3) is 22.3 Å². The average Bonchev–Trinajstić information content (AvgIpc) is 3.17. The molecule has 0 bridgehead atoms. The minimum atomic E-state index is -0.380. The van der Waals surface area contributed by atoms with E-state index >= 15 is 0 Å². The third-order valence-corrected chi connectivity index (χ3v) is 4.03. The molecule has 0 aliphatic carbocycles. The first-order valence-electron chi connectivity index (χ1n) is 8.10. The number of carbonyl (C=O) groups is 1. The van der Waals surface area contributed by atoms with Crippen molar-refractivity contribution in [2.75, 3.05) is 5.32 Å². The first-order chi connectivity index (χ1) is 12.6. The third kappa shape index (κ3) is 3.02. The highest BCUT2D eigenvalue weighted by Gasteiger charge is 2.11. The van der Waals surface area contributed by atoms with Gasteiger partial charge in [-0.05, 0) is 43.3 Å². The van der Waals surface area contributed by atoms with Gasteiger partial charge in [0.15, 0.2) is 11.2 Å². The minimum absolute atomic E-state index is 0.170. The predicted molar refractivity (Wildman–Crippen MR) is 99.3 cm³/mol. The predicted octanol–water partition coefficient (Wildman–Crippen LogP) is 4.61. The lowest BCUT2D eigenvalue weighted by Crippen LogP contribution is -2.11. The number of rotatable bonds is 3. The van der Waals surface area contributed by atoms with Crippen molar-refractivity contribution in [3.05, 3.63) is 88.5 Å². The topological polar surface area (TPSA) is 72.5 Å². The molecule has 1 N–H and O–H groups in total. The number of furan rings is 1. The van der Waals surface area contributed by atoms with E-state index in [1.165, 1.54) is 12.3 Å². The largest absolute Gasteiger partial charge is 0.459 e. The van der Waals surface area contributed by atoms with Crippen molar-refractivity contribution in [2.45, 2.75) is 6.92 Å². The zero-order chi connectivity index (χ0) is 18.1. The summed E-state index contributed by atoms with van der Waals surface area (Å²) in [7, 11) is 0. The van der Waals surface area contributed by atoms with E-state index < -0.39 is 0 Å². The number of carbonyl (C=O) groups excluding carboxylic acids is 1. The summed E-state index contributed by atoms with van der Waals surface area (Å²) in [6.07, 6.45) is 1.43. The molecule has 4 rings (SSSR count). The quantitative estimate of drug-likeness (QED) is 0.588. The summed E-state index contributed by atoms with van der Waals surface area (Å²) in [5.74, 6) is 0.334. The lowest BCUT2D eigenvalue weighted by atomic mass is 10.1. The molecule has 4 aromatic rings. The fourth-order valence-electron chi connectivity index (χ4n) is 2.78. The molecule has 0 saturated heterocycles. The van der Waals surface area contributed by atoms with Gasteiger partial charge >= 0.3 is 0 Å². The van der Waals surface area contributed by atoms with Crippen molar-refractivity contribution >= 4 is 22.6 Å². The van der Waals surface area contributed by atoms with E-state index in [0.29, 0.717) is 22.4 Å². The molecular weight excluding hydrogens is 330 g/mol. The van der Waals surface area contributed by atoms with Gasteiger partial charge in [0.2, 0.25) is 0 Å². The second kappa shape index (κ2) is 6.37. The molecule has 2 aromatic heterocycles. The fourth-order valence-corrected chi connectivity index (χ4v) is 2.78. The number of amides is 1. The fraction of sp³-hybridized carbons (Fsp3) is 0.0476. The van der Waals surface area contributed by atoms with Crippen molar-refractivity contribution in [3.8, 4) is 11.3 Å². The zero-order valence-electron chi connectivity index (χ0n) is 14.0. The van der Waals surface area contributed by atoms with Gasteiger partial charge in [-0.1, -0.05) is 23.8 Å². The van der Waals surface area contributed by atoms with Gasteiger partial charge < -0.3 is 14.2 Å². The van der Waals surface area contributed by atoms with E-state index in [9.17, 15) is 9.59 Å². The van der Waals surface area contributed by atoms with Crippen LogP contribution in [0.2, 0.25) is 0 Å². The van der Waals surface area contributed by atoms with Crippen molar-refractivity contribution in [1.29, 1.82) is 0 Å². The third-order valence-electron chi connectivity index (χ3n) is 4.03. The van der Waals surface area contributed by atoms with E-state index in [0.717, 1.165) is 11.1 Å². The highest BCUT2D eigenvalue weighted by atomic mass is 16.3. The molecular formula is C21H15NO4. The first-order valence-corrected chi connectivity index (χ1v) is 8.10. The Hall–Kier alpha value is -3.60. The monoisotopic (exact) mass is 345 g/mol. The lowest BCUT2D eigenvalue weighted by Gasteiger charge is -2.07. The summed E-state index contributed by atoms with van der Waals surface area (Å²) in [5.41, 5.74) is 2.72. The summed E-state index contributed by atoms with van der Waals surface area (Å²) < 4.78 is 10.9. The summed E-state index contributed by atoms with van der Waals surface area (Å²) in [6.45, 7) is 1.98. The molecule has 0 saturated carbocycles. The van der Waals surface area contributed by atoms with Gasteiger partial charge in [0.1, 0.15) is 11.3 Å². The second-order valence-electron chi connectivity index (χ2n) is 5.99. The van der Waals surface area contributed by atoms with Gasteiger partial charge in [-0.25, -0.2) is 0 Å². The molecule has 0 atom stereocenters. The SMILES string of the molecule is Cc1cccc(-c2cc(=O)c3cc(NC(=O)c4ccco4)ccc3o2)c1. The molecule has 1 amide bonds. The number of hydrogen-bond acceptors (Lipinski definition) is 4. The number of anilines is 1. The number of nitrogens with one attached hydrogen (secondary N) is 1. The van der Waals surface area contributed by atoms with Crippen LogP contribution in [-0.2, 0) is 0 Å².